The predicted octanol–water partition coefficient (Wildman–Crippen LogP) is 2.64. The first-order chi connectivity index (χ1) is 16.0. The topological polar surface area (TPSA) is 100 Å². The number of urea groups is 1. The summed E-state index contributed by atoms with van der Waals surface area (Å²) in [6, 6.07) is 24.4. The van der Waals surface area contributed by atoms with Crippen molar-refractivity contribution in [3.8, 4) is 5.75 Å². The molecule has 4 rings (SSSR count). The number of hydrogen-bond acceptors (Lipinski definition) is 5. The van der Waals surface area contributed by atoms with Gasteiger partial charge in [-0.1, -0.05) is 60.7 Å². The van der Waals surface area contributed by atoms with Crippen molar-refractivity contribution in [1.29, 1.82) is 0 Å². The third-order valence-electron chi connectivity index (χ3n) is 5.34. The van der Waals surface area contributed by atoms with E-state index in [0.717, 1.165) is 10.5 Å². The number of imide groups is 1. The molecule has 1 aliphatic rings. The van der Waals surface area contributed by atoms with Gasteiger partial charge in [0.25, 0.3) is 11.8 Å². The number of ether oxygens (including phenoxy) is 1. The van der Waals surface area contributed by atoms with Crippen LogP contribution in [0.25, 0.3) is 0 Å². The zero-order valence-corrected chi connectivity index (χ0v) is 17.9. The number of methoxy groups -OCH3 is 1. The van der Waals surface area contributed by atoms with Gasteiger partial charge in [-0.05, 0) is 41.0 Å². The summed E-state index contributed by atoms with van der Waals surface area (Å²) >= 11 is 0. The zero-order chi connectivity index (χ0) is 23.3. The Morgan fingerprint density at radius 1 is 0.970 bits per heavy atom. The van der Waals surface area contributed by atoms with Gasteiger partial charge in [-0.2, -0.15) is 5.10 Å². The van der Waals surface area contributed by atoms with E-state index >= 15 is 0 Å². The molecule has 0 saturated carbocycles. The fraction of sp³-hybridized carbons (Fsp3) is 0.120. The van der Waals surface area contributed by atoms with Crippen LogP contribution in [-0.4, -0.2) is 42.6 Å². The summed E-state index contributed by atoms with van der Waals surface area (Å²) < 4.78 is 5.10. The number of nitrogens with one attached hydrogen (secondary N) is 2. The molecular formula is C25H22N4O4. The van der Waals surface area contributed by atoms with E-state index in [4.69, 9.17) is 4.74 Å². The van der Waals surface area contributed by atoms with E-state index in [1.165, 1.54) is 6.21 Å². The molecule has 8 heteroatoms. The molecule has 166 valence electrons. The van der Waals surface area contributed by atoms with Crippen LogP contribution in [0.4, 0.5) is 4.79 Å². The largest absolute Gasteiger partial charge is 0.497 e. The molecule has 33 heavy (non-hydrogen) atoms. The van der Waals surface area contributed by atoms with Crippen LogP contribution in [0.5, 0.6) is 5.75 Å². The van der Waals surface area contributed by atoms with Gasteiger partial charge in [0.05, 0.1) is 13.3 Å². The number of nitrogens with zero attached hydrogens (tertiary/aromatic N) is 2. The smallest absolute Gasteiger partial charge is 0.326 e. The number of benzene rings is 3. The molecule has 0 spiro atoms. The summed E-state index contributed by atoms with van der Waals surface area (Å²) in [5.41, 5.74) is 2.91. The van der Waals surface area contributed by atoms with Crippen LogP contribution < -0.4 is 15.5 Å². The normalized spacial score (nSPS) is 14.9. The van der Waals surface area contributed by atoms with Crippen LogP contribution in [0, 0.1) is 0 Å². The molecule has 0 atom stereocenters. The highest BCUT2D eigenvalue weighted by molar-refractivity contribution is 6.11. The Labute approximate surface area is 190 Å². The standard InChI is InChI=1S/C25H22N4O4/c1-33-21-14-12-18(13-15-21)16-26-28-22(30)17-29-23(31)25(27-24(29)32,19-8-4-2-5-9-19)20-10-6-3-7-11-20/h2-16H,17H2,1H3,(H,27,32)(H,28,30)/b26-16+. The van der Waals surface area contributed by atoms with Gasteiger partial charge in [-0.3, -0.25) is 14.5 Å². The Morgan fingerprint density at radius 2 is 1.55 bits per heavy atom. The average molecular weight is 442 g/mol. The minimum atomic E-state index is -1.41. The fourth-order valence-electron chi connectivity index (χ4n) is 3.70. The second-order valence-corrected chi connectivity index (χ2v) is 7.37. The predicted molar refractivity (Wildman–Crippen MR) is 123 cm³/mol. The first-order valence-electron chi connectivity index (χ1n) is 10.3. The first kappa shape index (κ1) is 21.8. The van der Waals surface area contributed by atoms with Crippen molar-refractivity contribution >= 4 is 24.1 Å². The maximum Gasteiger partial charge on any atom is 0.326 e. The van der Waals surface area contributed by atoms with Gasteiger partial charge < -0.3 is 10.1 Å². The van der Waals surface area contributed by atoms with Crippen LogP contribution in [0.1, 0.15) is 16.7 Å². The van der Waals surface area contributed by atoms with Gasteiger partial charge in [-0.25, -0.2) is 10.2 Å². The molecule has 3 aromatic carbocycles. The lowest BCUT2D eigenvalue weighted by atomic mass is 9.82. The summed E-state index contributed by atoms with van der Waals surface area (Å²) in [5.74, 6) is -0.422. The highest BCUT2D eigenvalue weighted by Gasteiger charge is 2.54. The first-order valence-corrected chi connectivity index (χ1v) is 10.3. The Hall–Kier alpha value is -4.46. The highest BCUT2D eigenvalue weighted by Crippen LogP contribution is 2.35. The second-order valence-electron chi connectivity index (χ2n) is 7.37. The van der Waals surface area contributed by atoms with Crippen molar-refractivity contribution in [3.63, 3.8) is 0 Å². The molecule has 0 unspecified atom stereocenters. The molecule has 0 aliphatic carbocycles. The van der Waals surface area contributed by atoms with E-state index in [1.807, 2.05) is 12.1 Å². The Morgan fingerprint density at radius 3 is 2.09 bits per heavy atom. The van der Waals surface area contributed by atoms with Crippen LogP contribution in [-0.2, 0) is 15.1 Å². The molecule has 2 N–H and O–H groups in total. The van der Waals surface area contributed by atoms with E-state index in [0.29, 0.717) is 16.9 Å². The van der Waals surface area contributed by atoms with Crippen LogP contribution in [0.2, 0.25) is 0 Å². The summed E-state index contributed by atoms with van der Waals surface area (Å²) in [6.07, 6.45) is 1.46. The van der Waals surface area contributed by atoms with Gasteiger partial charge in [0.2, 0.25) is 0 Å². The lowest BCUT2D eigenvalue weighted by molar-refractivity contribution is -0.134. The van der Waals surface area contributed by atoms with E-state index in [2.05, 4.69) is 15.8 Å². The summed E-state index contributed by atoms with van der Waals surface area (Å²) in [5, 5.41) is 6.71. The molecular weight excluding hydrogens is 420 g/mol. The minimum Gasteiger partial charge on any atom is -0.497 e. The third kappa shape index (κ3) is 4.31. The number of hydrazone groups is 1. The Balaban J connectivity index is 1.52. The van der Waals surface area contributed by atoms with Crippen molar-refractivity contribution < 1.29 is 19.1 Å². The lowest BCUT2D eigenvalue weighted by Crippen LogP contribution is -2.45. The summed E-state index contributed by atoms with van der Waals surface area (Å²) in [4.78, 5) is 39.7. The van der Waals surface area contributed by atoms with Crippen molar-refractivity contribution in [1.82, 2.24) is 15.6 Å². The quantitative estimate of drug-likeness (QED) is 0.334. The molecule has 1 aliphatic heterocycles. The molecule has 1 saturated heterocycles. The van der Waals surface area contributed by atoms with E-state index in [9.17, 15) is 14.4 Å². The monoisotopic (exact) mass is 442 g/mol. The molecule has 8 nitrogen and oxygen atoms in total. The molecule has 0 bridgehead atoms. The molecule has 3 aromatic rings. The maximum absolute atomic E-state index is 13.5. The van der Waals surface area contributed by atoms with E-state index in [1.54, 1.807) is 79.9 Å². The van der Waals surface area contributed by atoms with Crippen molar-refractivity contribution in [2.24, 2.45) is 5.10 Å². The highest BCUT2D eigenvalue weighted by atomic mass is 16.5. The van der Waals surface area contributed by atoms with Crippen molar-refractivity contribution in [3.05, 3.63) is 102 Å². The number of amides is 4. The number of hydrogen-bond donors (Lipinski definition) is 2. The van der Waals surface area contributed by atoms with Gasteiger partial charge >= 0.3 is 6.03 Å². The second kappa shape index (κ2) is 9.35. The molecule has 0 radical (unpaired) electrons. The number of carbonyl (C=O) groups is 3. The third-order valence-corrected chi connectivity index (χ3v) is 5.34. The SMILES string of the molecule is COc1ccc(/C=N/NC(=O)CN2C(=O)NC(c3ccccc3)(c3ccccc3)C2=O)cc1. The lowest BCUT2D eigenvalue weighted by Gasteiger charge is -2.27. The van der Waals surface area contributed by atoms with Gasteiger partial charge in [-0.15, -0.1) is 0 Å². The molecule has 0 aromatic heterocycles. The van der Waals surface area contributed by atoms with Crippen LogP contribution in [0.3, 0.4) is 0 Å². The van der Waals surface area contributed by atoms with Crippen molar-refractivity contribution in [2.75, 3.05) is 13.7 Å². The maximum atomic E-state index is 13.5. The van der Waals surface area contributed by atoms with Gasteiger partial charge in [0.1, 0.15) is 12.3 Å². The zero-order valence-electron chi connectivity index (χ0n) is 17.9. The average Bonchev–Trinajstić information content (AvgIpc) is 3.11. The minimum absolute atomic E-state index is 0.466. The van der Waals surface area contributed by atoms with Crippen LogP contribution >= 0.6 is 0 Å². The van der Waals surface area contributed by atoms with Crippen LogP contribution in [0.15, 0.2) is 90.0 Å². The van der Waals surface area contributed by atoms with E-state index < -0.39 is 29.9 Å². The molecule has 1 heterocycles. The Kier molecular flexibility index (Phi) is 6.17. The van der Waals surface area contributed by atoms with Gasteiger partial charge in [0, 0.05) is 0 Å². The molecule has 1 fully saturated rings. The summed E-state index contributed by atoms with van der Waals surface area (Å²) in [6.45, 7) is -0.466. The fourth-order valence-corrected chi connectivity index (χ4v) is 3.70. The summed E-state index contributed by atoms with van der Waals surface area (Å²) in [7, 11) is 1.57. The van der Waals surface area contributed by atoms with Crippen molar-refractivity contribution in [2.45, 2.75) is 5.54 Å². The number of rotatable bonds is 7. The van der Waals surface area contributed by atoms with Gasteiger partial charge in [0.15, 0.2) is 5.54 Å². The Bertz CT molecular complexity index is 1140. The molecule has 4 amide bonds. The number of carbonyl (C=O) groups excluding carboxylic acids is 3. The van der Waals surface area contributed by atoms with E-state index in [-0.39, 0.29) is 0 Å².